The number of guanidine groups is 1. The van der Waals surface area contributed by atoms with E-state index in [0.29, 0.717) is 6.54 Å². The molecular weight excluding hydrogens is 226 g/mol. The Morgan fingerprint density at radius 1 is 1.22 bits per heavy atom. The molecule has 108 valence electrons. The van der Waals surface area contributed by atoms with Gasteiger partial charge in [0, 0.05) is 20.1 Å². The van der Waals surface area contributed by atoms with Gasteiger partial charge in [-0.05, 0) is 26.2 Å². The molecule has 18 heavy (non-hydrogen) atoms. The highest BCUT2D eigenvalue weighted by molar-refractivity contribution is 5.79. The predicted octanol–water partition coefficient (Wildman–Crippen LogP) is 2.23. The Morgan fingerprint density at radius 2 is 1.83 bits per heavy atom. The van der Waals surface area contributed by atoms with Crippen molar-refractivity contribution in [1.29, 1.82) is 0 Å². The molecule has 0 unspecified atom stereocenters. The van der Waals surface area contributed by atoms with E-state index in [0.717, 1.165) is 38.3 Å². The van der Waals surface area contributed by atoms with Crippen LogP contribution in [0, 0.1) is 0 Å². The van der Waals surface area contributed by atoms with E-state index in [4.69, 9.17) is 0 Å². The van der Waals surface area contributed by atoms with Gasteiger partial charge in [0.2, 0.25) is 0 Å². The molecule has 0 atom stereocenters. The van der Waals surface area contributed by atoms with Crippen molar-refractivity contribution >= 4 is 5.96 Å². The molecule has 0 saturated heterocycles. The minimum atomic E-state index is -0.660. The summed E-state index contributed by atoms with van der Waals surface area (Å²) in [7, 11) is 2.05. The molecule has 0 heterocycles. The lowest BCUT2D eigenvalue weighted by Crippen LogP contribution is -2.41. The first-order valence-corrected chi connectivity index (χ1v) is 7.24. The van der Waals surface area contributed by atoms with Gasteiger partial charge in [0.15, 0.2) is 5.96 Å². The predicted molar refractivity (Wildman–Crippen MR) is 79.0 cm³/mol. The van der Waals surface area contributed by atoms with E-state index in [1.165, 1.54) is 6.42 Å². The molecule has 0 aliphatic carbocycles. The number of unbranched alkanes of at least 4 members (excludes halogenated alkanes) is 1. The van der Waals surface area contributed by atoms with E-state index in [1.807, 2.05) is 20.9 Å². The lowest BCUT2D eigenvalue weighted by atomic mass is 9.98. The zero-order chi connectivity index (χ0) is 14.0. The first kappa shape index (κ1) is 17.2. The molecular formula is C14H31N3O. The summed E-state index contributed by atoms with van der Waals surface area (Å²) in [5.41, 5.74) is -0.660. The molecule has 0 amide bonds. The number of hydrogen-bond acceptors (Lipinski definition) is 2. The first-order valence-electron chi connectivity index (χ1n) is 7.24. The van der Waals surface area contributed by atoms with E-state index in [2.05, 4.69) is 29.1 Å². The van der Waals surface area contributed by atoms with Crippen LogP contribution in [-0.2, 0) is 0 Å². The average molecular weight is 257 g/mol. The summed E-state index contributed by atoms with van der Waals surface area (Å²) in [6.07, 6.45) is 3.82. The van der Waals surface area contributed by atoms with E-state index in [1.54, 1.807) is 0 Å². The monoisotopic (exact) mass is 257 g/mol. The third-order valence-corrected chi connectivity index (χ3v) is 3.38. The lowest BCUT2D eigenvalue weighted by Gasteiger charge is -2.26. The van der Waals surface area contributed by atoms with Gasteiger partial charge in [-0.25, -0.2) is 0 Å². The van der Waals surface area contributed by atoms with Gasteiger partial charge in [-0.2, -0.15) is 0 Å². The quantitative estimate of drug-likeness (QED) is 0.518. The maximum Gasteiger partial charge on any atom is 0.193 e. The summed E-state index contributed by atoms with van der Waals surface area (Å²) in [5.74, 6) is 0.895. The van der Waals surface area contributed by atoms with Gasteiger partial charge in [0.1, 0.15) is 0 Å². The fourth-order valence-corrected chi connectivity index (χ4v) is 1.67. The Bertz CT molecular complexity index is 237. The molecule has 0 rings (SSSR count). The third kappa shape index (κ3) is 6.24. The Balaban J connectivity index is 4.56. The topological polar surface area (TPSA) is 47.9 Å². The van der Waals surface area contributed by atoms with Crippen molar-refractivity contribution in [3.8, 4) is 0 Å². The zero-order valence-corrected chi connectivity index (χ0v) is 12.8. The van der Waals surface area contributed by atoms with E-state index < -0.39 is 5.60 Å². The third-order valence-electron chi connectivity index (χ3n) is 3.38. The van der Waals surface area contributed by atoms with E-state index >= 15 is 0 Å². The van der Waals surface area contributed by atoms with Gasteiger partial charge >= 0.3 is 0 Å². The summed E-state index contributed by atoms with van der Waals surface area (Å²) in [6.45, 7) is 10.6. The van der Waals surface area contributed by atoms with Crippen molar-refractivity contribution in [3.63, 3.8) is 0 Å². The largest absolute Gasteiger partial charge is 0.388 e. The van der Waals surface area contributed by atoms with Gasteiger partial charge in [-0.3, -0.25) is 4.99 Å². The highest BCUT2D eigenvalue weighted by Crippen LogP contribution is 2.14. The van der Waals surface area contributed by atoms with Crippen molar-refractivity contribution in [1.82, 2.24) is 10.2 Å². The maximum atomic E-state index is 10.3. The molecule has 0 aliphatic heterocycles. The first-order chi connectivity index (χ1) is 8.52. The summed E-state index contributed by atoms with van der Waals surface area (Å²) in [4.78, 5) is 6.70. The van der Waals surface area contributed by atoms with Gasteiger partial charge in [0.25, 0.3) is 0 Å². The van der Waals surface area contributed by atoms with Gasteiger partial charge in [-0.15, -0.1) is 0 Å². The van der Waals surface area contributed by atoms with Crippen LogP contribution in [0.15, 0.2) is 4.99 Å². The summed E-state index contributed by atoms with van der Waals surface area (Å²) >= 11 is 0. The van der Waals surface area contributed by atoms with Crippen molar-refractivity contribution < 1.29 is 5.11 Å². The average Bonchev–Trinajstić information content (AvgIpc) is 2.40. The summed E-state index contributed by atoms with van der Waals surface area (Å²) in [6, 6.07) is 0. The Morgan fingerprint density at radius 3 is 2.28 bits per heavy atom. The molecule has 0 aliphatic rings. The van der Waals surface area contributed by atoms with E-state index in [-0.39, 0.29) is 0 Å². The van der Waals surface area contributed by atoms with Crippen LogP contribution in [0.25, 0.3) is 0 Å². The molecule has 0 aromatic heterocycles. The number of aliphatic imine (C=N–C) groups is 1. The number of nitrogens with one attached hydrogen (secondary N) is 1. The normalized spacial score (nSPS) is 12.7. The molecule has 2 N–H and O–H groups in total. The Kier molecular flexibility index (Phi) is 8.81. The second-order valence-electron chi connectivity index (χ2n) is 4.88. The van der Waals surface area contributed by atoms with Crippen molar-refractivity contribution in [2.45, 2.75) is 59.0 Å². The lowest BCUT2D eigenvalue weighted by molar-refractivity contribution is 0.0416. The second-order valence-corrected chi connectivity index (χ2v) is 4.88. The van der Waals surface area contributed by atoms with Crippen molar-refractivity contribution in [2.75, 3.05) is 26.7 Å². The maximum absolute atomic E-state index is 10.3. The number of aliphatic hydroxyl groups is 1. The molecule has 0 saturated carbocycles. The molecule has 0 radical (unpaired) electrons. The second kappa shape index (κ2) is 9.20. The van der Waals surface area contributed by atoms with Crippen LogP contribution in [0.4, 0.5) is 0 Å². The molecule has 0 aromatic carbocycles. The fourth-order valence-electron chi connectivity index (χ4n) is 1.67. The van der Waals surface area contributed by atoms with Crippen LogP contribution in [0.5, 0.6) is 0 Å². The molecule has 0 spiro atoms. The minimum absolute atomic E-state index is 0.471. The number of rotatable bonds is 8. The van der Waals surface area contributed by atoms with Crippen LogP contribution in [0.3, 0.4) is 0 Å². The van der Waals surface area contributed by atoms with Gasteiger partial charge < -0.3 is 15.3 Å². The van der Waals surface area contributed by atoms with Crippen molar-refractivity contribution in [3.05, 3.63) is 0 Å². The number of nitrogens with zero attached hydrogens (tertiary/aromatic N) is 2. The summed E-state index contributed by atoms with van der Waals surface area (Å²) in [5, 5.41) is 13.5. The standard InChI is InChI=1S/C14H31N3O/c1-6-10-11-17(5)13(15-9-4)16-12-14(18,7-2)8-3/h18H,6-12H2,1-5H3,(H,15,16). The smallest absolute Gasteiger partial charge is 0.193 e. The van der Waals surface area contributed by atoms with Crippen molar-refractivity contribution in [2.24, 2.45) is 4.99 Å². The van der Waals surface area contributed by atoms with E-state index in [9.17, 15) is 5.11 Å². The van der Waals surface area contributed by atoms with Gasteiger partial charge in [0.05, 0.1) is 12.1 Å². The Labute approximate surface area is 112 Å². The van der Waals surface area contributed by atoms with Gasteiger partial charge in [-0.1, -0.05) is 27.2 Å². The van der Waals surface area contributed by atoms with Crippen LogP contribution >= 0.6 is 0 Å². The molecule has 0 bridgehead atoms. The van der Waals surface area contributed by atoms with Crippen LogP contribution in [-0.4, -0.2) is 48.2 Å². The van der Waals surface area contributed by atoms with Crippen LogP contribution in [0.1, 0.15) is 53.4 Å². The van der Waals surface area contributed by atoms with Crippen LogP contribution < -0.4 is 5.32 Å². The van der Waals surface area contributed by atoms with Crippen LogP contribution in [0.2, 0.25) is 0 Å². The minimum Gasteiger partial charge on any atom is -0.388 e. The molecule has 4 heteroatoms. The highest BCUT2D eigenvalue weighted by Gasteiger charge is 2.22. The Hall–Kier alpha value is -0.770. The number of hydrogen-bond donors (Lipinski definition) is 2. The molecule has 4 nitrogen and oxygen atoms in total. The zero-order valence-electron chi connectivity index (χ0n) is 12.8. The highest BCUT2D eigenvalue weighted by atomic mass is 16.3. The fraction of sp³-hybridized carbons (Fsp3) is 0.929. The molecule has 0 fully saturated rings. The SMILES string of the molecule is CCCCN(C)C(=NCC(O)(CC)CC)NCC. The molecule has 0 aromatic rings. The summed E-state index contributed by atoms with van der Waals surface area (Å²) < 4.78 is 0.